The molecule has 1 aromatic heterocycles. The smallest absolute Gasteiger partial charge is 0.0480 e. The molecular weight excluding hydrogens is 304 g/mol. The number of unbranched alkanes of at least 4 members (excludes halogenated alkanes) is 1. The van der Waals surface area contributed by atoms with Crippen molar-refractivity contribution in [3.05, 3.63) is 78.5 Å². The Morgan fingerprint density at radius 1 is 0.800 bits per heavy atom. The predicted molar refractivity (Wildman–Crippen MR) is 107 cm³/mol. The van der Waals surface area contributed by atoms with Gasteiger partial charge in [-0.25, -0.2) is 0 Å². The highest BCUT2D eigenvalue weighted by Gasteiger charge is 2.12. The lowest BCUT2D eigenvalue weighted by atomic mass is 9.99. The Labute approximate surface area is 150 Å². The van der Waals surface area contributed by atoms with Gasteiger partial charge in [0.2, 0.25) is 0 Å². The van der Waals surface area contributed by atoms with Crippen LogP contribution in [0.3, 0.4) is 0 Å². The Bertz CT molecular complexity index is 845. The number of aromatic nitrogens is 1. The second-order valence-electron chi connectivity index (χ2n) is 6.92. The molecule has 0 fully saturated rings. The van der Waals surface area contributed by atoms with Crippen molar-refractivity contribution in [1.29, 1.82) is 0 Å². The molecule has 1 aliphatic rings. The van der Waals surface area contributed by atoms with Crippen molar-refractivity contribution in [2.75, 3.05) is 19.6 Å². The second kappa shape index (κ2) is 7.71. The molecule has 1 aliphatic heterocycles. The van der Waals surface area contributed by atoms with E-state index in [0.717, 1.165) is 13.1 Å². The van der Waals surface area contributed by atoms with Crippen LogP contribution in [0.4, 0.5) is 0 Å². The van der Waals surface area contributed by atoms with Crippen molar-refractivity contribution in [2.24, 2.45) is 0 Å². The van der Waals surface area contributed by atoms with E-state index in [1.165, 1.54) is 54.4 Å². The summed E-state index contributed by atoms with van der Waals surface area (Å²) in [5, 5.41) is 1.34. The van der Waals surface area contributed by atoms with E-state index in [1.807, 2.05) is 0 Å². The fourth-order valence-electron chi connectivity index (χ4n) is 3.78. The molecule has 2 aromatic carbocycles. The number of para-hydroxylation sites is 1. The lowest BCUT2D eigenvalue weighted by molar-refractivity contribution is 0.293. The Morgan fingerprint density at radius 2 is 1.60 bits per heavy atom. The zero-order valence-electron chi connectivity index (χ0n) is 14.8. The first-order valence-electron chi connectivity index (χ1n) is 9.41. The van der Waals surface area contributed by atoms with Gasteiger partial charge in [-0.15, -0.1) is 0 Å². The summed E-state index contributed by atoms with van der Waals surface area (Å²) in [5.41, 5.74) is 4.26. The average Bonchev–Trinajstić information content (AvgIpc) is 3.10. The van der Waals surface area contributed by atoms with Gasteiger partial charge in [0, 0.05) is 31.3 Å². The van der Waals surface area contributed by atoms with Crippen molar-refractivity contribution in [3.8, 4) is 0 Å². The van der Waals surface area contributed by atoms with Gasteiger partial charge in [-0.2, -0.15) is 0 Å². The molecular formula is C23H26N2. The van der Waals surface area contributed by atoms with Gasteiger partial charge < -0.3 is 4.57 Å². The van der Waals surface area contributed by atoms with Crippen molar-refractivity contribution < 1.29 is 0 Å². The minimum absolute atomic E-state index is 1.09. The van der Waals surface area contributed by atoms with E-state index in [1.54, 1.807) is 0 Å². The van der Waals surface area contributed by atoms with Crippen LogP contribution in [-0.4, -0.2) is 29.1 Å². The van der Waals surface area contributed by atoms with Crippen LogP contribution in [0.15, 0.2) is 72.9 Å². The Balaban J connectivity index is 1.24. The first kappa shape index (κ1) is 16.2. The fraction of sp³-hybridized carbons (Fsp3) is 0.304. The van der Waals surface area contributed by atoms with E-state index in [2.05, 4.69) is 82.4 Å². The zero-order chi connectivity index (χ0) is 16.9. The summed E-state index contributed by atoms with van der Waals surface area (Å²) in [6, 6.07) is 21.7. The van der Waals surface area contributed by atoms with E-state index in [9.17, 15) is 0 Å². The maximum Gasteiger partial charge on any atom is 0.0480 e. The summed E-state index contributed by atoms with van der Waals surface area (Å²) in [5.74, 6) is 0. The maximum atomic E-state index is 2.58. The molecule has 0 amide bonds. The normalized spacial score (nSPS) is 15.4. The van der Waals surface area contributed by atoms with Gasteiger partial charge in [-0.3, -0.25) is 4.90 Å². The number of fused-ring (bicyclic) bond motifs is 1. The molecule has 4 rings (SSSR count). The number of hydrogen-bond acceptors (Lipinski definition) is 1. The Morgan fingerprint density at radius 3 is 2.44 bits per heavy atom. The Kier molecular flexibility index (Phi) is 4.98. The topological polar surface area (TPSA) is 8.17 Å². The lowest BCUT2D eigenvalue weighted by Gasteiger charge is -2.26. The number of nitrogens with zero attached hydrogens (tertiary/aromatic N) is 2. The van der Waals surface area contributed by atoms with E-state index in [4.69, 9.17) is 0 Å². The van der Waals surface area contributed by atoms with Crippen molar-refractivity contribution in [1.82, 2.24) is 9.47 Å². The van der Waals surface area contributed by atoms with Gasteiger partial charge in [0.15, 0.2) is 0 Å². The minimum Gasteiger partial charge on any atom is -0.347 e. The van der Waals surface area contributed by atoms with E-state index in [0.29, 0.717) is 0 Å². The molecule has 2 heteroatoms. The average molecular weight is 330 g/mol. The first-order chi connectivity index (χ1) is 12.4. The molecule has 0 saturated carbocycles. The number of rotatable bonds is 6. The third-order valence-corrected chi connectivity index (χ3v) is 5.24. The summed E-state index contributed by atoms with van der Waals surface area (Å²) < 4.78 is 2.39. The van der Waals surface area contributed by atoms with Crippen LogP contribution in [0, 0.1) is 0 Å². The predicted octanol–water partition coefficient (Wildman–Crippen LogP) is 5.21. The molecule has 0 unspecified atom stereocenters. The quantitative estimate of drug-likeness (QED) is 0.563. The molecule has 0 atom stereocenters. The molecule has 0 N–H and O–H groups in total. The summed E-state index contributed by atoms with van der Waals surface area (Å²) in [6.07, 6.45) is 8.32. The SMILES string of the molecule is C1=C(c2ccccc2)CCN(CCCCn2ccc3ccccc32)C1. The monoisotopic (exact) mass is 330 g/mol. The summed E-state index contributed by atoms with van der Waals surface area (Å²) >= 11 is 0. The van der Waals surface area contributed by atoms with Gasteiger partial charge in [0.1, 0.15) is 0 Å². The zero-order valence-corrected chi connectivity index (χ0v) is 14.8. The molecule has 128 valence electrons. The third-order valence-electron chi connectivity index (χ3n) is 5.24. The molecule has 0 saturated heterocycles. The van der Waals surface area contributed by atoms with Gasteiger partial charge in [0.05, 0.1) is 0 Å². The fourth-order valence-corrected chi connectivity index (χ4v) is 3.78. The van der Waals surface area contributed by atoms with Crippen LogP contribution in [0.5, 0.6) is 0 Å². The van der Waals surface area contributed by atoms with Crippen molar-refractivity contribution in [2.45, 2.75) is 25.8 Å². The summed E-state index contributed by atoms with van der Waals surface area (Å²) in [4.78, 5) is 2.58. The molecule has 0 aliphatic carbocycles. The van der Waals surface area contributed by atoms with Gasteiger partial charge in [0.25, 0.3) is 0 Å². The van der Waals surface area contributed by atoms with Crippen LogP contribution >= 0.6 is 0 Å². The van der Waals surface area contributed by atoms with Crippen LogP contribution in [0.1, 0.15) is 24.8 Å². The van der Waals surface area contributed by atoms with Crippen LogP contribution in [0.25, 0.3) is 16.5 Å². The highest BCUT2D eigenvalue weighted by Crippen LogP contribution is 2.22. The number of hydrogen-bond donors (Lipinski definition) is 0. The maximum absolute atomic E-state index is 2.58. The molecule has 3 aromatic rings. The largest absolute Gasteiger partial charge is 0.347 e. The number of benzene rings is 2. The van der Waals surface area contributed by atoms with Crippen LogP contribution < -0.4 is 0 Å². The van der Waals surface area contributed by atoms with Gasteiger partial charge in [-0.1, -0.05) is 54.6 Å². The van der Waals surface area contributed by atoms with E-state index >= 15 is 0 Å². The molecule has 2 nitrogen and oxygen atoms in total. The van der Waals surface area contributed by atoms with Crippen molar-refractivity contribution in [3.63, 3.8) is 0 Å². The highest BCUT2D eigenvalue weighted by molar-refractivity contribution is 5.79. The van der Waals surface area contributed by atoms with Crippen molar-refractivity contribution >= 4 is 16.5 Å². The second-order valence-corrected chi connectivity index (χ2v) is 6.92. The lowest BCUT2D eigenvalue weighted by Crippen LogP contribution is -2.29. The standard InChI is InChI=1S/C23H26N2/c1-2-8-20(9-3-1)21-12-17-24(18-13-21)15-6-7-16-25-19-14-22-10-4-5-11-23(22)25/h1-5,8-12,14,19H,6-7,13,15-18H2. The Hall–Kier alpha value is -2.32. The summed E-state index contributed by atoms with van der Waals surface area (Å²) in [7, 11) is 0. The molecule has 0 radical (unpaired) electrons. The van der Waals surface area contributed by atoms with Crippen LogP contribution in [-0.2, 0) is 6.54 Å². The van der Waals surface area contributed by atoms with Gasteiger partial charge >= 0.3 is 0 Å². The first-order valence-corrected chi connectivity index (χ1v) is 9.41. The molecule has 0 bridgehead atoms. The summed E-state index contributed by atoms with van der Waals surface area (Å²) in [6.45, 7) is 4.61. The molecule has 2 heterocycles. The molecule has 0 spiro atoms. The minimum atomic E-state index is 1.09. The van der Waals surface area contributed by atoms with E-state index < -0.39 is 0 Å². The number of aryl methyl sites for hydroxylation is 1. The van der Waals surface area contributed by atoms with E-state index in [-0.39, 0.29) is 0 Å². The third kappa shape index (κ3) is 3.85. The van der Waals surface area contributed by atoms with Crippen LogP contribution in [0.2, 0.25) is 0 Å². The molecule has 25 heavy (non-hydrogen) atoms. The highest BCUT2D eigenvalue weighted by atomic mass is 15.1. The van der Waals surface area contributed by atoms with Gasteiger partial charge in [-0.05, 0) is 54.5 Å².